The molecule has 27 heavy (non-hydrogen) atoms. The van der Waals surface area contributed by atoms with E-state index in [-0.39, 0.29) is 12.1 Å². The Balaban J connectivity index is 1.80. The van der Waals surface area contributed by atoms with Crippen molar-refractivity contribution in [3.05, 3.63) is 52.8 Å². The van der Waals surface area contributed by atoms with Crippen molar-refractivity contribution in [2.75, 3.05) is 20.3 Å². The van der Waals surface area contributed by atoms with Crippen LogP contribution in [0.3, 0.4) is 0 Å². The monoisotopic (exact) mass is 403 g/mol. The summed E-state index contributed by atoms with van der Waals surface area (Å²) in [5, 5.41) is 2.13. The molecule has 0 radical (unpaired) electrons. The first kappa shape index (κ1) is 18.4. The highest BCUT2D eigenvalue weighted by Gasteiger charge is 2.43. The summed E-state index contributed by atoms with van der Waals surface area (Å²) in [6.45, 7) is 5.67. The number of aliphatic imine (C=N–C) groups is 1. The van der Waals surface area contributed by atoms with Crippen molar-refractivity contribution in [3.63, 3.8) is 0 Å². The largest absolute Gasteiger partial charge is 0.491 e. The highest BCUT2D eigenvalue weighted by Crippen LogP contribution is 2.49. The predicted molar refractivity (Wildman–Crippen MR) is 110 cm³/mol. The van der Waals surface area contributed by atoms with Gasteiger partial charge < -0.3 is 14.4 Å². The Morgan fingerprint density at radius 1 is 1.33 bits per heavy atom. The second-order valence-electron chi connectivity index (χ2n) is 6.60. The zero-order chi connectivity index (χ0) is 19.0. The van der Waals surface area contributed by atoms with E-state index in [1.807, 2.05) is 55.2 Å². The molecule has 0 aliphatic carbocycles. The van der Waals surface area contributed by atoms with Gasteiger partial charge in [0.1, 0.15) is 6.04 Å². The number of benzene rings is 1. The molecule has 2 aliphatic rings. The second kappa shape index (κ2) is 7.60. The van der Waals surface area contributed by atoms with Crippen molar-refractivity contribution in [2.45, 2.75) is 31.2 Å². The van der Waals surface area contributed by atoms with Gasteiger partial charge in [-0.1, -0.05) is 36.4 Å². The van der Waals surface area contributed by atoms with E-state index in [1.165, 1.54) is 0 Å². The van der Waals surface area contributed by atoms with Crippen LogP contribution in [-0.2, 0) is 0 Å². The molecule has 3 atom stereocenters. The molecule has 4 rings (SSSR count). The molecule has 0 bridgehead atoms. The molecule has 0 saturated carbocycles. The first-order valence-corrected chi connectivity index (χ1v) is 10.3. The molecule has 0 unspecified atom stereocenters. The number of rotatable bonds is 5. The van der Waals surface area contributed by atoms with Gasteiger partial charge in [0.2, 0.25) is 0 Å². The van der Waals surface area contributed by atoms with Gasteiger partial charge in [-0.25, -0.2) is 0 Å². The van der Waals surface area contributed by atoms with E-state index in [2.05, 4.69) is 16.8 Å². The van der Waals surface area contributed by atoms with Gasteiger partial charge in [0.25, 0.3) is 0 Å². The number of methoxy groups -OCH3 is 1. The molecule has 2 aromatic rings. The molecule has 1 saturated heterocycles. The van der Waals surface area contributed by atoms with Crippen molar-refractivity contribution in [1.29, 1.82) is 0 Å². The number of amidine groups is 1. The molecule has 1 fully saturated rings. The molecule has 0 spiro atoms. The fraction of sp³-hybridized carbons (Fsp3) is 0.400. The van der Waals surface area contributed by atoms with Crippen molar-refractivity contribution >= 4 is 28.5 Å². The van der Waals surface area contributed by atoms with Crippen LogP contribution >= 0.6 is 23.4 Å². The van der Waals surface area contributed by atoms with Crippen LogP contribution in [0.1, 0.15) is 37.2 Å². The second-order valence-corrected chi connectivity index (χ2v) is 8.42. The van der Waals surface area contributed by atoms with Gasteiger partial charge in [0, 0.05) is 18.0 Å². The molecule has 1 aromatic heterocycles. The maximum absolute atomic E-state index is 6.53. The minimum atomic E-state index is -0.0693. The highest BCUT2D eigenvalue weighted by atomic mass is 35.5. The third-order valence-corrected chi connectivity index (χ3v) is 6.14. The van der Waals surface area contributed by atoms with Gasteiger partial charge in [-0.15, -0.1) is 0 Å². The van der Waals surface area contributed by atoms with E-state index in [9.17, 15) is 0 Å². The number of thioether (sulfide) groups is 1. The Kier molecular flexibility index (Phi) is 5.19. The Hall–Kier alpha value is -1.92. The summed E-state index contributed by atoms with van der Waals surface area (Å²) < 4.78 is 11.2. The van der Waals surface area contributed by atoms with Gasteiger partial charge in [-0.05, 0) is 36.8 Å². The minimum Gasteiger partial charge on any atom is -0.491 e. The lowest BCUT2D eigenvalue weighted by molar-refractivity contribution is 0.302. The lowest BCUT2D eigenvalue weighted by Crippen LogP contribution is -2.28. The number of ether oxygens (including phenoxy) is 2. The molecule has 3 heterocycles. The Labute approximate surface area is 168 Å². The SMILES string of the molecule is CCOc1cc([C@@H]2[C@@H](c3ccccn3)N=C3S[C@@H](C)CN32)cc(Cl)c1OC. The van der Waals surface area contributed by atoms with Gasteiger partial charge in [-0.3, -0.25) is 9.98 Å². The number of aromatic nitrogens is 1. The molecule has 0 amide bonds. The quantitative estimate of drug-likeness (QED) is 0.722. The van der Waals surface area contributed by atoms with Crippen LogP contribution in [0.5, 0.6) is 11.5 Å². The molecule has 7 heteroatoms. The van der Waals surface area contributed by atoms with E-state index >= 15 is 0 Å². The average Bonchev–Trinajstić information content (AvgIpc) is 3.18. The summed E-state index contributed by atoms with van der Waals surface area (Å²) in [4.78, 5) is 11.9. The Bertz CT molecular complexity index is 862. The summed E-state index contributed by atoms with van der Waals surface area (Å²) in [5.41, 5.74) is 2.02. The zero-order valence-corrected chi connectivity index (χ0v) is 17.1. The number of fused-ring (bicyclic) bond motifs is 1. The van der Waals surface area contributed by atoms with Crippen molar-refractivity contribution in [1.82, 2.24) is 9.88 Å². The van der Waals surface area contributed by atoms with Crippen LogP contribution in [0, 0.1) is 0 Å². The fourth-order valence-corrected chi connectivity index (χ4v) is 5.09. The first-order chi connectivity index (χ1) is 13.1. The van der Waals surface area contributed by atoms with Crippen LogP contribution < -0.4 is 9.47 Å². The van der Waals surface area contributed by atoms with E-state index in [0.29, 0.717) is 28.4 Å². The van der Waals surface area contributed by atoms with E-state index in [1.54, 1.807) is 7.11 Å². The first-order valence-electron chi connectivity index (χ1n) is 9.04. The van der Waals surface area contributed by atoms with E-state index in [4.69, 9.17) is 26.1 Å². The third-order valence-electron chi connectivity index (χ3n) is 4.76. The highest BCUT2D eigenvalue weighted by molar-refractivity contribution is 8.14. The van der Waals surface area contributed by atoms with Crippen LogP contribution in [0.2, 0.25) is 5.02 Å². The maximum Gasteiger partial charge on any atom is 0.179 e. The van der Waals surface area contributed by atoms with Crippen LogP contribution in [0.25, 0.3) is 0 Å². The lowest BCUT2D eigenvalue weighted by atomic mass is 9.96. The standard InChI is InChI=1S/C20H22ClN3O2S/c1-4-26-16-10-13(9-14(21)19(16)25-3)18-17(15-7-5-6-8-22-15)23-20-24(18)11-12(2)27-20/h5-10,12,17-18H,4,11H2,1-3H3/t12-,17+,18+/m0/s1. The third kappa shape index (κ3) is 3.36. The molecule has 5 nitrogen and oxygen atoms in total. The van der Waals surface area contributed by atoms with Crippen LogP contribution in [0.4, 0.5) is 0 Å². The topological polar surface area (TPSA) is 47.0 Å². The number of hydrogen-bond acceptors (Lipinski definition) is 6. The summed E-state index contributed by atoms with van der Waals surface area (Å²) >= 11 is 8.35. The smallest absolute Gasteiger partial charge is 0.179 e. The molecule has 142 valence electrons. The van der Waals surface area contributed by atoms with Crippen molar-refractivity contribution in [2.24, 2.45) is 4.99 Å². The number of nitrogens with zero attached hydrogens (tertiary/aromatic N) is 3. The summed E-state index contributed by atoms with van der Waals surface area (Å²) in [5.74, 6) is 1.23. The molecular formula is C20H22ClN3O2S. The fourth-order valence-electron chi connectivity index (χ4n) is 3.70. The maximum atomic E-state index is 6.53. The summed E-state index contributed by atoms with van der Waals surface area (Å²) in [7, 11) is 1.61. The van der Waals surface area contributed by atoms with E-state index in [0.717, 1.165) is 23.0 Å². The van der Waals surface area contributed by atoms with E-state index < -0.39 is 0 Å². The van der Waals surface area contributed by atoms with Crippen LogP contribution in [0.15, 0.2) is 41.5 Å². The molecular weight excluding hydrogens is 382 g/mol. The van der Waals surface area contributed by atoms with Crippen LogP contribution in [-0.4, -0.2) is 40.6 Å². The zero-order valence-electron chi connectivity index (χ0n) is 15.6. The van der Waals surface area contributed by atoms with Gasteiger partial charge >= 0.3 is 0 Å². The molecule has 0 N–H and O–H groups in total. The molecule has 2 aliphatic heterocycles. The van der Waals surface area contributed by atoms with Crippen molar-refractivity contribution in [3.8, 4) is 11.5 Å². The van der Waals surface area contributed by atoms with Gasteiger partial charge in [0.05, 0.1) is 30.5 Å². The Morgan fingerprint density at radius 3 is 2.89 bits per heavy atom. The number of halogens is 1. The average molecular weight is 404 g/mol. The number of pyridine rings is 1. The van der Waals surface area contributed by atoms with Gasteiger partial charge in [-0.2, -0.15) is 0 Å². The molecule has 1 aromatic carbocycles. The predicted octanol–water partition coefficient (Wildman–Crippen LogP) is 4.73. The van der Waals surface area contributed by atoms with Crippen molar-refractivity contribution < 1.29 is 9.47 Å². The van der Waals surface area contributed by atoms with Gasteiger partial charge in [0.15, 0.2) is 16.7 Å². The summed E-state index contributed by atoms with van der Waals surface area (Å²) in [6, 6.07) is 9.93. The lowest BCUT2D eigenvalue weighted by Gasteiger charge is -2.28. The normalized spacial score (nSPS) is 23.9. The minimum absolute atomic E-state index is 0.0370. The Morgan fingerprint density at radius 2 is 2.19 bits per heavy atom. The number of hydrogen-bond donors (Lipinski definition) is 0. The summed E-state index contributed by atoms with van der Waals surface area (Å²) in [6.07, 6.45) is 1.82.